The van der Waals surface area contributed by atoms with E-state index >= 15 is 0 Å². The van der Waals surface area contributed by atoms with Gasteiger partial charge in [0.1, 0.15) is 24.4 Å². The Bertz CT molecular complexity index is 454. The second-order valence-corrected chi connectivity index (χ2v) is 8.07. The van der Waals surface area contributed by atoms with E-state index in [1.165, 1.54) is 0 Å². The Morgan fingerprint density at radius 2 is 1.70 bits per heavy atom. The Kier molecular flexibility index (Phi) is 4.29. The van der Waals surface area contributed by atoms with E-state index < -0.39 is 37.3 Å². The highest BCUT2D eigenvalue weighted by Crippen LogP contribution is 2.66. The second kappa shape index (κ2) is 5.62. The molecule has 3 aliphatic rings. The van der Waals surface area contributed by atoms with E-state index in [9.17, 15) is 25.5 Å². The van der Waals surface area contributed by atoms with Gasteiger partial charge >= 0.3 is 0 Å². The molecule has 9 atom stereocenters. The Balaban J connectivity index is 1.75. The summed E-state index contributed by atoms with van der Waals surface area (Å²) in [6.45, 7) is 5.83. The molecule has 7 heteroatoms. The molecule has 23 heavy (non-hydrogen) atoms. The number of aliphatic hydroxyl groups excluding tert-OH is 5. The Morgan fingerprint density at radius 3 is 2.17 bits per heavy atom. The first-order valence-electron chi connectivity index (χ1n) is 8.27. The predicted molar refractivity (Wildman–Crippen MR) is 79.3 cm³/mol. The lowest BCUT2D eigenvalue weighted by Crippen LogP contribution is -2.60. The summed E-state index contributed by atoms with van der Waals surface area (Å²) < 4.78 is 11.4. The van der Waals surface area contributed by atoms with E-state index in [1.807, 2.05) is 0 Å². The van der Waals surface area contributed by atoms with Crippen molar-refractivity contribution in [2.75, 3.05) is 6.61 Å². The molecule has 1 aliphatic heterocycles. The topological polar surface area (TPSA) is 120 Å². The largest absolute Gasteiger partial charge is 0.394 e. The summed E-state index contributed by atoms with van der Waals surface area (Å²) in [5.41, 5.74) is -0.374. The first kappa shape index (κ1) is 17.5. The van der Waals surface area contributed by atoms with Gasteiger partial charge in [-0.15, -0.1) is 0 Å². The maximum atomic E-state index is 10.2. The lowest BCUT2D eigenvalue weighted by atomic mass is 9.70. The van der Waals surface area contributed by atoms with Gasteiger partial charge in [0.05, 0.1) is 18.8 Å². The predicted octanol–water partition coefficient (Wildman–Crippen LogP) is -1.01. The number of aliphatic hydroxyl groups is 5. The summed E-state index contributed by atoms with van der Waals surface area (Å²) in [6.07, 6.45) is -5.60. The van der Waals surface area contributed by atoms with Crippen LogP contribution in [0.25, 0.3) is 0 Å². The highest BCUT2D eigenvalue weighted by atomic mass is 16.7. The third-order valence-corrected chi connectivity index (χ3v) is 6.82. The van der Waals surface area contributed by atoms with Crippen molar-refractivity contribution < 1.29 is 35.0 Å². The first-order valence-corrected chi connectivity index (χ1v) is 8.27. The van der Waals surface area contributed by atoms with E-state index in [0.29, 0.717) is 12.8 Å². The number of rotatable bonds is 3. The van der Waals surface area contributed by atoms with Crippen molar-refractivity contribution in [2.24, 2.45) is 16.7 Å². The van der Waals surface area contributed by atoms with Crippen LogP contribution in [0, 0.1) is 16.7 Å². The van der Waals surface area contributed by atoms with Crippen molar-refractivity contribution in [3.05, 3.63) is 0 Å². The van der Waals surface area contributed by atoms with Crippen molar-refractivity contribution in [3.63, 3.8) is 0 Å². The van der Waals surface area contributed by atoms with Crippen LogP contribution in [-0.4, -0.2) is 75.1 Å². The van der Waals surface area contributed by atoms with E-state index in [2.05, 4.69) is 20.8 Å². The number of hydrogen-bond acceptors (Lipinski definition) is 7. The van der Waals surface area contributed by atoms with Gasteiger partial charge in [-0.05, 0) is 24.2 Å². The van der Waals surface area contributed by atoms with Crippen molar-refractivity contribution in [1.82, 2.24) is 0 Å². The molecule has 2 aliphatic carbocycles. The first-order chi connectivity index (χ1) is 10.6. The molecule has 134 valence electrons. The molecular formula is C16H28O7. The van der Waals surface area contributed by atoms with Gasteiger partial charge < -0.3 is 35.0 Å². The molecule has 0 aromatic rings. The van der Waals surface area contributed by atoms with Gasteiger partial charge in [-0.25, -0.2) is 0 Å². The molecule has 9 unspecified atom stereocenters. The molecule has 1 heterocycles. The summed E-state index contributed by atoms with van der Waals surface area (Å²) in [7, 11) is 0. The quantitative estimate of drug-likeness (QED) is 0.449. The smallest absolute Gasteiger partial charge is 0.186 e. The minimum Gasteiger partial charge on any atom is -0.394 e. The molecule has 2 saturated carbocycles. The van der Waals surface area contributed by atoms with E-state index in [1.54, 1.807) is 0 Å². The fraction of sp³-hybridized carbons (Fsp3) is 1.00. The SMILES string of the molecule is CC1(C)C2CC(OC3OC(CO)C(O)C(O)C3O)C1(C)CC2O. The minimum absolute atomic E-state index is 0.106. The molecule has 0 aromatic carbocycles. The van der Waals surface area contributed by atoms with Crippen LogP contribution in [0.3, 0.4) is 0 Å². The molecular weight excluding hydrogens is 304 g/mol. The Hall–Kier alpha value is -0.280. The number of ether oxygens (including phenoxy) is 2. The summed E-state index contributed by atoms with van der Waals surface area (Å²) >= 11 is 0. The summed E-state index contributed by atoms with van der Waals surface area (Å²) in [6, 6.07) is 0. The average Bonchev–Trinajstić information content (AvgIpc) is 2.78. The Labute approximate surface area is 135 Å². The second-order valence-electron chi connectivity index (χ2n) is 8.07. The van der Waals surface area contributed by atoms with Crippen molar-refractivity contribution in [1.29, 1.82) is 0 Å². The lowest BCUT2D eigenvalue weighted by Gasteiger charge is -2.44. The van der Waals surface area contributed by atoms with Crippen LogP contribution in [-0.2, 0) is 9.47 Å². The molecule has 0 spiro atoms. The molecule has 2 bridgehead atoms. The molecule has 1 saturated heterocycles. The van der Waals surface area contributed by atoms with Gasteiger partial charge in [0.2, 0.25) is 0 Å². The fourth-order valence-corrected chi connectivity index (χ4v) is 4.78. The monoisotopic (exact) mass is 332 g/mol. The van der Waals surface area contributed by atoms with Crippen molar-refractivity contribution in [2.45, 2.75) is 76.5 Å². The number of fused-ring (bicyclic) bond motifs is 2. The van der Waals surface area contributed by atoms with E-state index in [4.69, 9.17) is 9.47 Å². The number of hydrogen-bond donors (Lipinski definition) is 5. The zero-order valence-corrected chi connectivity index (χ0v) is 13.8. The molecule has 7 nitrogen and oxygen atoms in total. The van der Waals surface area contributed by atoms with Crippen molar-refractivity contribution in [3.8, 4) is 0 Å². The maximum Gasteiger partial charge on any atom is 0.186 e. The summed E-state index contributed by atoms with van der Waals surface area (Å²) in [4.78, 5) is 0. The fourth-order valence-electron chi connectivity index (χ4n) is 4.78. The zero-order chi connectivity index (χ0) is 17.2. The maximum absolute atomic E-state index is 10.2. The molecule has 0 radical (unpaired) electrons. The van der Waals surface area contributed by atoms with Crippen LogP contribution in [0.5, 0.6) is 0 Å². The van der Waals surface area contributed by atoms with Crippen LogP contribution < -0.4 is 0 Å². The zero-order valence-electron chi connectivity index (χ0n) is 13.8. The highest BCUT2D eigenvalue weighted by molar-refractivity contribution is 5.14. The normalized spacial score (nSPS) is 55.3. The van der Waals surface area contributed by atoms with Crippen LogP contribution in [0.4, 0.5) is 0 Å². The minimum atomic E-state index is -1.43. The molecule has 0 aromatic heterocycles. The van der Waals surface area contributed by atoms with Gasteiger partial charge in [0.25, 0.3) is 0 Å². The lowest BCUT2D eigenvalue weighted by molar-refractivity contribution is -0.320. The molecule has 5 N–H and O–H groups in total. The van der Waals surface area contributed by atoms with Gasteiger partial charge in [-0.2, -0.15) is 0 Å². The van der Waals surface area contributed by atoms with Crippen LogP contribution in [0.1, 0.15) is 33.6 Å². The summed E-state index contributed by atoms with van der Waals surface area (Å²) in [5, 5.41) is 49.3. The third-order valence-electron chi connectivity index (χ3n) is 6.82. The van der Waals surface area contributed by atoms with E-state index in [0.717, 1.165) is 0 Å². The Morgan fingerprint density at radius 1 is 1.04 bits per heavy atom. The standard InChI is InChI=1S/C16H28O7/c1-15(2)7-4-10(16(15,3)5-8(7)18)23-14-13(21)12(20)11(19)9(6-17)22-14/h7-14,17-21H,4-6H2,1-3H3. The van der Waals surface area contributed by atoms with Gasteiger partial charge in [0, 0.05) is 5.41 Å². The molecule has 0 amide bonds. The van der Waals surface area contributed by atoms with Gasteiger partial charge in [0.15, 0.2) is 6.29 Å². The van der Waals surface area contributed by atoms with Gasteiger partial charge in [-0.3, -0.25) is 0 Å². The van der Waals surface area contributed by atoms with Crippen LogP contribution >= 0.6 is 0 Å². The molecule has 3 fully saturated rings. The molecule has 3 rings (SSSR count). The average molecular weight is 332 g/mol. The van der Waals surface area contributed by atoms with Crippen LogP contribution in [0.2, 0.25) is 0 Å². The van der Waals surface area contributed by atoms with Gasteiger partial charge in [-0.1, -0.05) is 20.8 Å². The van der Waals surface area contributed by atoms with E-state index in [-0.39, 0.29) is 29.0 Å². The van der Waals surface area contributed by atoms with Crippen LogP contribution in [0.15, 0.2) is 0 Å². The highest BCUT2D eigenvalue weighted by Gasteiger charge is 2.66. The third kappa shape index (κ3) is 2.37. The van der Waals surface area contributed by atoms with Crippen molar-refractivity contribution >= 4 is 0 Å². The summed E-state index contributed by atoms with van der Waals surface area (Å²) in [5.74, 6) is 0.113.